The Morgan fingerprint density at radius 2 is 1.77 bits per heavy atom. The van der Waals surface area contributed by atoms with Crippen molar-refractivity contribution < 1.29 is 28.5 Å². The van der Waals surface area contributed by atoms with Crippen LogP contribution < -0.4 is 29.7 Å². The minimum absolute atomic E-state index is 0.131. The molecule has 3 heterocycles. The molecule has 0 unspecified atom stereocenters. The van der Waals surface area contributed by atoms with Gasteiger partial charge in [0.15, 0.2) is 17.5 Å². The molecule has 2 aromatic carbocycles. The topological polar surface area (TPSA) is 132 Å². The Morgan fingerprint density at radius 1 is 1.05 bits per heavy atom. The number of thiophene rings is 1. The summed E-state index contributed by atoms with van der Waals surface area (Å²) in [6.07, 6.45) is 3.70. The second kappa shape index (κ2) is 9.91. The summed E-state index contributed by atoms with van der Waals surface area (Å²) in [6.45, 7) is 0. The molecule has 0 amide bonds. The average Bonchev–Trinajstić information content (AvgIpc) is 3.63. The van der Waals surface area contributed by atoms with Gasteiger partial charge in [-0.15, -0.1) is 11.3 Å². The van der Waals surface area contributed by atoms with Crippen molar-refractivity contribution in [3.05, 3.63) is 59.6 Å². The van der Waals surface area contributed by atoms with Crippen molar-refractivity contribution in [2.45, 2.75) is 18.9 Å². The fourth-order valence-corrected chi connectivity index (χ4v) is 5.47. The SMILES string of the molecule is COc1cc(-c2cc(-c3ccccc3)nc3sc(/C([O-])=N/c4c[n+](C5CC5)no4)c(N)c23)cc(OC)c1OC. The maximum absolute atomic E-state index is 13.3. The Kier molecular flexibility index (Phi) is 6.27. The monoisotopic (exact) mass is 543 g/mol. The van der Waals surface area contributed by atoms with Crippen LogP contribution in [0.15, 0.2) is 64.2 Å². The molecule has 1 aliphatic carbocycles. The van der Waals surface area contributed by atoms with Crippen LogP contribution in [0.3, 0.4) is 0 Å². The van der Waals surface area contributed by atoms with E-state index in [0.717, 1.165) is 35.2 Å². The van der Waals surface area contributed by atoms with Crippen molar-refractivity contribution in [3.8, 4) is 39.6 Å². The quantitative estimate of drug-likeness (QED) is 0.174. The largest absolute Gasteiger partial charge is 0.857 e. The number of rotatable bonds is 8. The zero-order valence-corrected chi connectivity index (χ0v) is 22.3. The maximum Gasteiger partial charge on any atom is 0.320 e. The van der Waals surface area contributed by atoms with Gasteiger partial charge in [-0.05, 0) is 34.0 Å². The molecule has 5 aromatic rings. The number of hydrogen-bond donors (Lipinski definition) is 1. The van der Waals surface area contributed by atoms with E-state index in [1.165, 1.54) is 11.3 Å². The highest BCUT2D eigenvalue weighted by molar-refractivity contribution is 7.21. The summed E-state index contributed by atoms with van der Waals surface area (Å²) < 4.78 is 23.6. The Labute approximate surface area is 227 Å². The summed E-state index contributed by atoms with van der Waals surface area (Å²) in [5.41, 5.74) is 10.1. The number of fused-ring (bicyclic) bond motifs is 1. The van der Waals surface area contributed by atoms with E-state index in [0.29, 0.717) is 33.5 Å². The third-order valence-electron chi connectivity index (χ3n) is 6.54. The minimum Gasteiger partial charge on any atom is -0.857 e. The zero-order valence-electron chi connectivity index (χ0n) is 21.5. The second-order valence-corrected chi connectivity index (χ2v) is 10.0. The van der Waals surface area contributed by atoms with Gasteiger partial charge in [0.25, 0.3) is 6.20 Å². The summed E-state index contributed by atoms with van der Waals surface area (Å²) in [6, 6.07) is 15.7. The lowest BCUT2D eigenvalue weighted by Gasteiger charge is -2.15. The molecule has 10 nitrogen and oxygen atoms in total. The van der Waals surface area contributed by atoms with Gasteiger partial charge in [0.2, 0.25) is 11.0 Å². The first kappa shape index (κ1) is 24.7. The van der Waals surface area contributed by atoms with Gasteiger partial charge in [-0.2, -0.15) is 0 Å². The molecule has 0 saturated heterocycles. The van der Waals surface area contributed by atoms with E-state index in [-0.39, 0.29) is 16.4 Å². The number of pyridine rings is 1. The van der Waals surface area contributed by atoms with E-state index in [1.807, 2.05) is 48.5 Å². The minimum atomic E-state index is -0.522. The van der Waals surface area contributed by atoms with Crippen LogP contribution in [-0.2, 0) is 0 Å². The molecule has 1 saturated carbocycles. The molecule has 1 fully saturated rings. The van der Waals surface area contributed by atoms with Crippen molar-refractivity contribution in [2.24, 2.45) is 4.99 Å². The van der Waals surface area contributed by atoms with Gasteiger partial charge in [-0.25, -0.2) is 9.98 Å². The maximum atomic E-state index is 13.3. The number of benzene rings is 2. The molecule has 3 aromatic heterocycles. The average molecular weight is 544 g/mol. The molecule has 0 radical (unpaired) electrons. The van der Waals surface area contributed by atoms with Crippen LogP contribution in [0.25, 0.3) is 32.6 Å². The molecule has 11 heteroatoms. The normalized spacial score (nSPS) is 13.6. The fourth-order valence-electron chi connectivity index (χ4n) is 4.46. The van der Waals surface area contributed by atoms with Gasteiger partial charge < -0.3 is 25.1 Å². The summed E-state index contributed by atoms with van der Waals surface area (Å²) >= 11 is 1.19. The van der Waals surface area contributed by atoms with Crippen LogP contribution in [-0.4, -0.2) is 37.5 Å². The highest BCUT2D eigenvalue weighted by atomic mass is 32.1. The Morgan fingerprint density at radius 3 is 2.41 bits per heavy atom. The molecule has 6 rings (SSSR count). The summed E-state index contributed by atoms with van der Waals surface area (Å²) in [7, 11) is 4.68. The lowest BCUT2D eigenvalue weighted by Crippen LogP contribution is -2.32. The van der Waals surface area contributed by atoms with E-state index in [4.69, 9.17) is 29.5 Å². The number of ether oxygens (including phenoxy) is 3. The van der Waals surface area contributed by atoms with Crippen molar-refractivity contribution in [1.82, 2.24) is 10.3 Å². The molecule has 2 N–H and O–H groups in total. The number of nitrogens with zero attached hydrogens (tertiary/aromatic N) is 4. The van der Waals surface area contributed by atoms with Crippen LogP contribution in [0.2, 0.25) is 0 Å². The number of methoxy groups -OCH3 is 3. The number of nitrogens with two attached hydrogens (primary N) is 1. The number of nitrogen functional groups attached to an aromatic ring is 1. The number of aromatic nitrogens is 3. The van der Waals surface area contributed by atoms with Gasteiger partial charge in [-0.1, -0.05) is 30.3 Å². The second-order valence-electron chi connectivity index (χ2n) is 9.03. The molecule has 198 valence electrons. The smallest absolute Gasteiger partial charge is 0.320 e. The van der Waals surface area contributed by atoms with Crippen LogP contribution >= 0.6 is 11.3 Å². The number of anilines is 1. The van der Waals surface area contributed by atoms with E-state index in [2.05, 4.69) is 10.3 Å². The summed E-state index contributed by atoms with van der Waals surface area (Å²) in [4.78, 5) is 9.88. The third-order valence-corrected chi connectivity index (χ3v) is 7.63. The predicted octanol–water partition coefficient (Wildman–Crippen LogP) is 4.29. The highest BCUT2D eigenvalue weighted by Crippen LogP contribution is 2.46. The first-order chi connectivity index (χ1) is 19.0. The van der Waals surface area contributed by atoms with Crippen LogP contribution in [0.1, 0.15) is 23.8 Å². The predicted molar refractivity (Wildman–Crippen MR) is 146 cm³/mol. The molecule has 1 aliphatic rings. The first-order valence-electron chi connectivity index (χ1n) is 12.2. The molecule has 0 bridgehead atoms. The number of aliphatic imine (C=N–C) groups is 1. The molecule has 0 atom stereocenters. The lowest BCUT2D eigenvalue weighted by atomic mass is 9.98. The standard InChI is InChI=1S/C28H25N5O5S/c1-35-20-11-16(12-21(36-2)25(20)37-3)18-13-19(15-7-5-4-6-8-15)30-28-23(18)24(29)26(39-28)27(34)31-22-14-33(32-38-22)17-9-10-17/h4-8,11-14,17H,9-10H2,1-3H3,(H2-,29,31,32,34). The van der Waals surface area contributed by atoms with E-state index >= 15 is 0 Å². The number of hydrogen-bond acceptors (Lipinski definition) is 10. The van der Waals surface area contributed by atoms with Gasteiger partial charge in [0.05, 0.1) is 37.6 Å². The third kappa shape index (κ3) is 4.50. The summed E-state index contributed by atoms with van der Waals surface area (Å²) in [5, 5.41) is 17.9. The fraction of sp³-hybridized carbons (Fsp3) is 0.214. The molecular formula is C28H25N5O5S. The van der Waals surface area contributed by atoms with Gasteiger partial charge in [0, 0.05) is 29.7 Å². The van der Waals surface area contributed by atoms with Gasteiger partial charge in [0.1, 0.15) is 4.83 Å². The zero-order chi connectivity index (χ0) is 27.1. The van der Waals surface area contributed by atoms with Crippen LogP contribution in [0.5, 0.6) is 17.2 Å². The van der Waals surface area contributed by atoms with Crippen molar-refractivity contribution in [3.63, 3.8) is 0 Å². The van der Waals surface area contributed by atoms with Gasteiger partial charge in [-0.3, -0.25) is 4.52 Å². The Hall–Kier alpha value is -4.64. The molecule has 0 spiro atoms. The van der Waals surface area contributed by atoms with E-state index in [9.17, 15) is 5.11 Å². The lowest BCUT2D eigenvalue weighted by molar-refractivity contribution is -0.765. The van der Waals surface area contributed by atoms with Crippen LogP contribution in [0, 0.1) is 0 Å². The summed E-state index contributed by atoms with van der Waals surface area (Å²) in [5.74, 6) is 1.07. The Bertz CT molecular complexity index is 1680. The molecular weight excluding hydrogens is 518 g/mol. The van der Waals surface area contributed by atoms with Gasteiger partial charge >= 0.3 is 5.88 Å². The molecule has 39 heavy (non-hydrogen) atoms. The van der Waals surface area contributed by atoms with E-state index in [1.54, 1.807) is 32.2 Å². The Balaban J connectivity index is 1.55. The van der Waals surface area contributed by atoms with Crippen molar-refractivity contribution in [2.75, 3.05) is 27.1 Å². The highest BCUT2D eigenvalue weighted by Gasteiger charge is 2.35. The van der Waals surface area contributed by atoms with Crippen molar-refractivity contribution in [1.29, 1.82) is 0 Å². The first-order valence-corrected chi connectivity index (χ1v) is 13.1. The van der Waals surface area contributed by atoms with Crippen molar-refractivity contribution >= 4 is 39.0 Å². The van der Waals surface area contributed by atoms with Crippen LogP contribution in [0.4, 0.5) is 11.6 Å². The van der Waals surface area contributed by atoms with E-state index < -0.39 is 5.90 Å². The molecule has 0 aliphatic heterocycles.